The highest BCUT2D eigenvalue weighted by Crippen LogP contribution is 2.18. The highest BCUT2D eigenvalue weighted by atomic mass is 16.7. The van der Waals surface area contributed by atoms with Crippen molar-refractivity contribution in [1.29, 1.82) is 0 Å². The first kappa shape index (κ1) is 15.5. The van der Waals surface area contributed by atoms with Gasteiger partial charge < -0.3 is 0 Å². The molecular formula is C7H11N5O8. The third-order valence-electron chi connectivity index (χ3n) is 3.06. The van der Waals surface area contributed by atoms with Crippen LogP contribution in [0.4, 0.5) is 0 Å². The van der Waals surface area contributed by atoms with Crippen LogP contribution in [0.15, 0.2) is 0 Å². The number of hydrazine groups is 1. The lowest BCUT2D eigenvalue weighted by atomic mass is 9.98. The maximum Gasteiger partial charge on any atom is 0.242 e. The van der Waals surface area contributed by atoms with Gasteiger partial charge in [0.05, 0.1) is 12.8 Å². The molecule has 1 rings (SSSR count). The molecular weight excluding hydrogens is 282 g/mol. The van der Waals surface area contributed by atoms with Gasteiger partial charge in [-0.15, -0.1) is 5.01 Å². The van der Waals surface area contributed by atoms with Crippen molar-refractivity contribution in [2.45, 2.75) is 31.0 Å². The van der Waals surface area contributed by atoms with E-state index < -0.39 is 63.9 Å². The third-order valence-corrected chi connectivity index (χ3v) is 3.06. The number of nitrogens with zero attached hydrogens (tertiary/aromatic N) is 5. The number of rotatable bonds is 4. The zero-order chi connectivity index (χ0) is 15.4. The average molecular weight is 293 g/mol. The Kier molecular flexibility index (Phi) is 4.66. The first-order valence-corrected chi connectivity index (χ1v) is 5.52. The van der Waals surface area contributed by atoms with Crippen LogP contribution in [0.5, 0.6) is 0 Å². The standard InChI is InChI=1S/C7H11N5O8/c13-9(14)5-1-6(10(15)16)3-8(12(19)20)4-7(2-5)11(17)18/h5-7H,1-4H2. The molecule has 0 aliphatic carbocycles. The van der Waals surface area contributed by atoms with E-state index in [1.54, 1.807) is 0 Å². The van der Waals surface area contributed by atoms with Crippen LogP contribution in [0.1, 0.15) is 12.8 Å². The van der Waals surface area contributed by atoms with E-state index in [0.29, 0.717) is 5.01 Å². The molecule has 13 nitrogen and oxygen atoms in total. The fraction of sp³-hybridized carbons (Fsp3) is 1.00. The van der Waals surface area contributed by atoms with Gasteiger partial charge in [-0.2, -0.15) is 0 Å². The SMILES string of the molecule is O=[N+]([O-])C1CC([N+](=O)[O-])CN([N+](=O)[O-])CC([N+](=O)[O-])C1. The van der Waals surface area contributed by atoms with Crippen LogP contribution in [-0.4, -0.2) is 56.0 Å². The molecule has 0 aromatic rings. The maximum atomic E-state index is 10.8. The summed E-state index contributed by atoms with van der Waals surface area (Å²) in [5.41, 5.74) is 0. The normalized spacial score (nSPS) is 27.2. The van der Waals surface area contributed by atoms with Gasteiger partial charge in [0.2, 0.25) is 18.1 Å². The quantitative estimate of drug-likeness (QED) is 0.474. The minimum absolute atomic E-state index is 0.372. The second-order valence-corrected chi connectivity index (χ2v) is 4.40. The molecule has 20 heavy (non-hydrogen) atoms. The molecule has 112 valence electrons. The highest BCUT2D eigenvalue weighted by Gasteiger charge is 2.45. The maximum absolute atomic E-state index is 10.8. The van der Waals surface area contributed by atoms with Crippen LogP contribution >= 0.6 is 0 Å². The summed E-state index contributed by atoms with van der Waals surface area (Å²) < 4.78 is 0. The summed E-state index contributed by atoms with van der Waals surface area (Å²) in [6.07, 6.45) is -1.15. The average Bonchev–Trinajstić information content (AvgIpc) is 2.26. The lowest BCUT2D eigenvalue weighted by Gasteiger charge is -2.23. The van der Waals surface area contributed by atoms with Crippen molar-refractivity contribution < 1.29 is 19.8 Å². The third kappa shape index (κ3) is 3.69. The van der Waals surface area contributed by atoms with Crippen molar-refractivity contribution in [1.82, 2.24) is 5.01 Å². The summed E-state index contributed by atoms with van der Waals surface area (Å²) in [6, 6.07) is -4.48. The molecule has 0 spiro atoms. The summed E-state index contributed by atoms with van der Waals surface area (Å²) >= 11 is 0. The molecule has 1 aliphatic rings. The van der Waals surface area contributed by atoms with Crippen molar-refractivity contribution >= 4 is 0 Å². The fourth-order valence-corrected chi connectivity index (χ4v) is 2.05. The Bertz CT molecular complexity index is 353. The van der Waals surface area contributed by atoms with Crippen LogP contribution in [0.25, 0.3) is 0 Å². The van der Waals surface area contributed by atoms with Crippen LogP contribution in [0, 0.1) is 40.5 Å². The molecule has 2 atom stereocenters. The van der Waals surface area contributed by atoms with Gasteiger partial charge >= 0.3 is 0 Å². The number of hydrogen-bond donors (Lipinski definition) is 0. The van der Waals surface area contributed by atoms with Gasteiger partial charge in [-0.1, -0.05) is 0 Å². The monoisotopic (exact) mass is 293 g/mol. The van der Waals surface area contributed by atoms with Crippen molar-refractivity contribution in [3.05, 3.63) is 40.5 Å². The Labute approximate surface area is 110 Å². The van der Waals surface area contributed by atoms with Crippen LogP contribution in [0.2, 0.25) is 0 Å². The first-order chi connectivity index (χ1) is 9.22. The summed E-state index contributed by atoms with van der Waals surface area (Å²) in [5, 5.41) is 42.5. The van der Waals surface area contributed by atoms with Crippen molar-refractivity contribution in [2.24, 2.45) is 0 Å². The number of hydrogen-bond acceptors (Lipinski definition) is 8. The second-order valence-electron chi connectivity index (χ2n) is 4.40. The molecule has 1 fully saturated rings. The molecule has 0 aromatic heterocycles. The van der Waals surface area contributed by atoms with Gasteiger partial charge in [0.25, 0.3) is 0 Å². The molecule has 0 N–H and O–H groups in total. The molecule has 2 unspecified atom stereocenters. The molecule has 13 heteroatoms. The van der Waals surface area contributed by atoms with Crippen molar-refractivity contribution in [2.75, 3.05) is 13.1 Å². The van der Waals surface area contributed by atoms with Crippen LogP contribution in [-0.2, 0) is 0 Å². The minimum Gasteiger partial charge on any atom is -0.264 e. The van der Waals surface area contributed by atoms with E-state index in [1.165, 1.54) is 0 Å². The zero-order valence-electron chi connectivity index (χ0n) is 10.1. The highest BCUT2D eigenvalue weighted by molar-refractivity contribution is 4.76. The van der Waals surface area contributed by atoms with E-state index in [4.69, 9.17) is 0 Å². The Morgan fingerprint density at radius 3 is 1.30 bits per heavy atom. The van der Waals surface area contributed by atoms with E-state index in [2.05, 4.69) is 0 Å². The number of nitro groups is 4. The Hall–Kier alpha value is -2.60. The molecule has 0 amide bonds. The summed E-state index contributed by atoms with van der Waals surface area (Å²) in [7, 11) is 0. The van der Waals surface area contributed by atoms with E-state index in [-0.39, 0.29) is 0 Å². The summed E-state index contributed by atoms with van der Waals surface area (Å²) in [4.78, 5) is 40.6. The lowest BCUT2D eigenvalue weighted by Crippen LogP contribution is -2.51. The van der Waals surface area contributed by atoms with Gasteiger partial charge in [-0.3, -0.25) is 30.3 Å². The summed E-state index contributed by atoms with van der Waals surface area (Å²) in [5.74, 6) is 0. The molecule has 1 saturated heterocycles. The smallest absolute Gasteiger partial charge is 0.242 e. The lowest BCUT2D eigenvalue weighted by molar-refractivity contribution is -0.682. The van der Waals surface area contributed by atoms with E-state index in [1.807, 2.05) is 0 Å². The van der Waals surface area contributed by atoms with Gasteiger partial charge in [0.1, 0.15) is 13.1 Å². The minimum atomic E-state index is -1.51. The molecule has 0 radical (unpaired) electrons. The van der Waals surface area contributed by atoms with Gasteiger partial charge in [0.15, 0.2) is 5.03 Å². The fourth-order valence-electron chi connectivity index (χ4n) is 2.05. The zero-order valence-corrected chi connectivity index (χ0v) is 10.1. The van der Waals surface area contributed by atoms with Gasteiger partial charge in [-0.05, 0) is 0 Å². The topological polar surface area (TPSA) is 176 Å². The largest absolute Gasteiger partial charge is 0.264 e. The van der Waals surface area contributed by atoms with Crippen molar-refractivity contribution in [3.8, 4) is 0 Å². The van der Waals surface area contributed by atoms with Gasteiger partial charge in [0, 0.05) is 14.8 Å². The molecule has 1 heterocycles. The first-order valence-electron chi connectivity index (χ1n) is 5.52. The molecule has 0 aromatic carbocycles. The Morgan fingerprint density at radius 2 is 1.05 bits per heavy atom. The predicted octanol–water partition coefficient (Wildman–Crippen LogP) is -0.790. The summed E-state index contributed by atoms with van der Waals surface area (Å²) in [6.45, 7) is -1.40. The van der Waals surface area contributed by atoms with Gasteiger partial charge in [-0.25, -0.2) is 10.1 Å². The van der Waals surface area contributed by atoms with Crippen LogP contribution < -0.4 is 0 Å². The Balaban J connectivity index is 3.02. The van der Waals surface area contributed by atoms with Crippen molar-refractivity contribution in [3.63, 3.8) is 0 Å². The second kappa shape index (κ2) is 6.03. The van der Waals surface area contributed by atoms with E-state index >= 15 is 0 Å². The predicted molar refractivity (Wildman–Crippen MR) is 60.1 cm³/mol. The van der Waals surface area contributed by atoms with E-state index in [9.17, 15) is 40.5 Å². The molecule has 0 bridgehead atoms. The molecule has 0 saturated carbocycles. The van der Waals surface area contributed by atoms with E-state index in [0.717, 1.165) is 0 Å². The Morgan fingerprint density at radius 1 is 0.700 bits per heavy atom. The molecule has 1 aliphatic heterocycles. The van der Waals surface area contributed by atoms with Crippen LogP contribution in [0.3, 0.4) is 0 Å².